The molecule has 15 heteroatoms. The van der Waals surface area contributed by atoms with Crippen LogP contribution in [0.4, 0.5) is 0 Å². The van der Waals surface area contributed by atoms with Crippen molar-refractivity contribution in [1.29, 1.82) is 0 Å². The number of benzene rings is 20. The van der Waals surface area contributed by atoms with Crippen LogP contribution in [0.3, 0.4) is 0 Å². The van der Waals surface area contributed by atoms with Crippen LogP contribution in [0.5, 0.6) is 0 Å². The fourth-order valence-electron chi connectivity index (χ4n) is 21.2. The van der Waals surface area contributed by atoms with E-state index in [-0.39, 0.29) is 0 Å². The van der Waals surface area contributed by atoms with E-state index in [4.69, 9.17) is 58.1 Å². The van der Waals surface area contributed by atoms with Crippen LogP contribution in [0.2, 0.25) is 0 Å². The summed E-state index contributed by atoms with van der Waals surface area (Å²) in [6.07, 6.45) is 0. The maximum absolute atomic E-state index is 6.77. The minimum Gasteiger partial charge on any atom is -0.456 e. The number of fused-ring (bicyclic) bond motifs is 18. The Hall–Kier alpha value is -19.8. The van der Waals surface area contributed by atoms with Crippen molar-refractivity contribution in [1.82, 2.24) is 58.6 Å². The number of rotatable bonds is 16. The first-order valence-electron chi connectivity index (χ1n) is 48.2. The topological polar surface area (TPSA) is 170 Å². The summed E-state index contributed by atoms with van der Waals surface area (Å²) in [5.41, 5.74) is 30.8. The molecule has 0 saturated carbocycles. The zero-order valence-electron chi connectivity index (χ0n) is 77.0. The first-order valence-corrected chi connectivity index (χ1v) is 48.2. The van der Waals surface area contributed by atoms with Gasteiger partial charge in [0.25, 0.3) is 0 Å². The summed E-state index contributed by atoms with van der Waals surface area (Å²) in [6.45, 7) is 0. The zero-order valence-corrected chi connectivity index (χ0v) is 77.0. The predicted octanol–water partition coefficient (Wildman–Crippen LogP) is 32.9. The second-order valence-electron chi connectivity index (χ2n) is 36.7. The summed E-state index contributed by atoms with van der Waals surface area (Å²) in [5, 5.41) is 12.8. The summed E-state index contributed by atoms with van der Waals surface area (Å²) in [4.78, 5) is 46.7. The van der Waals surface area contributed by atoms with Crippen LogP contribution in [0.1, 0.15) is 0 Å². The molecule has 0 bridgehead atoms. The molecule has 0 unspecified atom stereocenters. The fraction of sp³-hybridized carbons (Fsp3) is 0. The molecule has 0 aliphatic carbocycles. The third-order valence-corrected chi connectivity index (χ3v) is 28.2. The van der Waals surface area contributed by atoms with Crippen molar-refractivity contribution in [2.24, 2.45) is 0 Å². The van der Waals surface area contributed by atoms with Crippen LogP contribution >= 0.6 is 0 Å². The molecule has 9 heterocycles. The van der Waals surface area contributed by atoms with Crippen LogP contribution in [-0.2, 0) is 0 Å². The van der Waals surface area contributed by atoms with Crippen molar-refractivity contribution in [3.63, 3.8) is 0 Å². The first kappa shape index (κ1) is 81.4. The molecular weight excluding hydrogens is 1770 g/mol. The zero-order chi connectivity index (χ0) is 94.6. The van der Waals surface area contributed by atoms with Gasteiger partial charge in [0.2, 0.25) is 0 Å². The van der Waals surface area contributed by atoms with Crippen LogP contribution < -0.4 is 0 Å². The molecular formula is C129H76N12O3. The molecule has 0 aliphatic heterocycles. The molecule has 15 nitrogen and oxygen atoms in total. The van der Waals surface area contributed by atoms with Gasteiger partial charge in [0.15, 0.2) is 52.4 Å². The number of para-hydroxylation sites is 3. The molecule has 670 valence electrons. The van der Waals surface area contributed by atoms with Gasteiger partial charge in [-0.1, -0.05) is 297 Å². The molecule has 0 N–H and O–H groups in total. The molecule has 29 rings (SSSR count). The maximum atomic E-state index is 6.77. The van der Waals surface area contributed by atoms with E-state index in [1.165, 1.54) is 10.8 Å². The average Bonchev–Trinajstić information content (AvgIpc) is 1.58. The van der Waals surface area contributed by atoms with E-state index in [2.05, 4.69) is 323 Å². The van der Waals surface area contributed by atoms with Gasteiger partial charge in [0, 0.05) is 132 Å². The van der Waals surface area contributed by atoms with Crippen molar-refractivity contribution in [2.75, 3.05) is 0 Å². The summed E-state index contributed by atoms with van der Waals surface area (Å²) in [6, 6.07) is 161. The average molecular weight is 1840 g/mol. The number of furan rings is 3. The molecule has 0 atom stereocenters. The van der Waals surface area contributed by atoms with Crippen LogP contribution in [0, 0.1) is 0 Å². The first-order chi connectivity index (χ1) is 71.3. The third kappa shape index (κ3) is 13.8. The van der Waals surface area contributed by atoms with Crippen LogP contribution in [0.25, 0.3) is 295 Å². The standard InChI is InChI=1S/C129H76N12O3/c1-6-23-77(24-7-1)89-49-58-100-102-69-88(80-45-47-85(48-46-80)125-131-123(83-29-12-4-13-30-83)135-128(137-125)92-53-62-115-103(71-92)106-74-94(55-64-118(106)142-115)139-109-38-19-16-35-97(109)98-36-17-20-39-110(98)139)51-60-113(102)141(114(100)73-89)96-57-66-120-108(76-96)105-72-93(54-63-117(105)144-120)129-136-124(84-31-14-5-15-32-84)132-126(138-129)90-34-22-33-86(67-90)78-41-43-79(44-42-78)87-50-59-112-101(68-87)99-37-18-21-40-111(99)140(112)95-56-65-119-107(75-95)104-70-91(52-61-116(104)143-119)127-133-121(81-25-8-2-9-26-81)130-122(134-127)82-27-10-3-11-28-82/h1-76H. The molecule has 0 aliphatic rings. The van der Waals surface area contributed by atoms with Crippen molar-refractivity contribution in [3.05, 3.63) is 461 Å². The third-order valence-electron chi connectivity index (χ3n) is 28.2. The van der Waals surface area contributed by atoms with E-state index in [1.54, 1.807) is 0 Å². The Morgan fingerprint density at radius 1 is 0.118 bits per heavy atom. The van der Waals surface area contributed by atoms with E-state index in [1.807, 2.05) is 152 Å². The molecule has 29 aromatic rings. The van der Waals surface area contributed by atoms with E-state index in [0.717, 1.165) is 232 Å². The molecule has 0 amide bonds. The maximum Gasteiger partial charge on any atom is 0.164 e. The second kappa shape index (κ2) is 33.0. The Morgan fingerprint density at radius 3 is 0.688 bits per heavy atom. The van der Waals surface area contributed by atoms with Crippen molar-refractivity contribution in [3.8, 4) is 164 Å². The number of hydrogen-bond donors (Lipinski definition) is 0. The lowest BCUT2D eigenvalue weighted by atomic mass is 9.98. The summed E-state index contributed by atoms with van der Waals surface area (Å²) >= 11 is 0. The number of aromatic nitrogens is 12. The summed E-state index contributed by atoms with van der Waals surface area (Å²) in [7, 11) is 0. The van der Waals surface area contributed by atoms with Crippen molar-refractivity contribution < 1.29 is 13.3 Å². The monoisotopic (exact) mass is 1840 g/mol. The summed E-state index contributed by atoms with van der Waals surface area (Å²) in [5.74, 6) is 5.16. The smallest absolute Gasteiger partial charge is 0.164 e. The minimum absolute atomic E-state index is 0.537. The Balaban J connectivity index is 0.471. The highest BCUT2D eigenvalue weighted by atomic mass is 16.3. The van der Waals surface area contributed by atoms with Gasteiger partial charge in [-0.2, -0.15) is 0 Å². The van der Waals surface area contributed by atoms with Gasteiger partial charge in [0.1, 0.15) is 33.5 Å². The molecule has 20 aromatic carbocycles. The minimum atomic E-state index is 0.537. The van der Waals surface area contributed by atoms with Gasteiger partial charge < -0.3 is 27.0 Å². The second-order valence-corrected chi connectivity index (χ2v) is 36.7. The van der Waals surface area contributed by atoms with Gasteiger partial charge in [-0.3, -0.25) is 0 Å². The van der Waals surface area contributed by atoms with Gasteiger partial charge >= 0.3 is 0 Å². The molecule has 0 fully saturated rings. The van der Waals surface area contributed by atoms with Gasteiger partial charge in [-0.25, -0.2) is 44.9 Å². The highest BCUT2D eigenvalue weighted by Crippen LogP contribution is 2.46. The Morgan fingerprint density at radius 2 is 0.326 bits per heavy atom. The molecule has 9 aromatic heterocycles. The Kier molecular flexibility index (Phi) is 18.7. The molecule has 0 spiro atoms. The van der Waals surface area contributed by atoms with Crippen LogP contribution in [-0.4, -0.2) is 58.6 Å². The van der Waals surface area contributed by atoms with Crippen molar-refractivity contribution >= 4 is 131 Å². The van der Waals surface area contributed by atoms with E-state index in [0.29, 0.717) is 52.4 Å². The predicted molar refractivity (Wildman–Crippen MR) is 582 cm³/mol. The molecule has 0 radical (unpaired) electrons. The lowest BCUT2D eigenvalue weighted by Gasteiger charge is -2.11. The van der Waals surface area contributed by atoms with Crippen molar-refractivity contribution in [2.45, 2.75) is 0 Å². The van der Waals surface area contributed by atoms with E-state index < -0.39 is 0 Å². The molecule has 0 saturated heterocycles. The lowest BCUT2D eigenvalue weighted by molar-refractivity contribution is 0.668. The van der Waals surface area contributed by atoms with E-state index in [9.17, 15) is 0 Å². The van der Waals surface area contributed by atoms with Crippen LogP contribution in [0.15, 0.2) is 474 Å². The fourth-order valence-corrected chi connectivity index (χ4v) is 21.2. The van der Waals surface area contributed by atoms with Gasteiger partial charge in [-0.15, -0.1) is 0 Å². The SMILES string of the molecule is c1ccc(-c2ccc3c4cc(-c5ccc(-c6nc(-c7ccccc7)nc(-c7ccc8oc9ccc(-n%10c%11ccccc%11c%11ccccc%11%10)cc9c8c7)n6)cc5)ccc4n(-c4ccc5oc6ccc(-c7nc(-c8ccccc8)nc(-c8cccc(-c9ccc(-c%10ccc%11c(c%10)c%10ccccc%10n%11-c%10ccc%11oc%12ccc(-c%13nc(-c%14ccccc%14)nc(-c%14ccccc%14)n%13)cc%12c%11c%10)cc9)c8)n7)cc6c5c4)c3c2)cc1. The largest absolute Gasteiger partial charge is 0.456 e. The Bertz CT molecular complexity index is 10200. The normalized spacial score (nSPS) is 11.9. The van der Waals surface area contributed by atoms with E-state index >= 15 is 0 Å². The number of nitrogens with zero attached hydrogens (tertiary/aromatic N) is 12. The Labute approximate surface area is 822 Å². The van der Waals surface area contributed by atoms with Gasteiger partial charge in [-0.05, 0) is 208 Å². The number of hydrogen-bond acceptors (Lipinski definition) is 12. The molecule has 144 heavy (non-hydrogen) atoms. The lowest BCUT2D eigenvalue weighted by Crippen LogP contribution is -2.00. The highest BCUT2D eigenvalue weighted by Gasteiger charge is 2.26. The quantitative estimate of drug-likeness (QED) is 0.0898. The van der Waals surface area contributed by atoms with Gasteiger partial charge in [0.05, 0.1) is 33.1 Å². The highest BCUT2D eigenvalue weighted by molar-refractivity contribution is 6.16. The summed E-state index contributed by atoms with van der Waals surface area (Å²) < 4.78 is 27.0.